The monoisotopic (exact) mass is 679 g/mol. The van der Waals surface area contributed by atoms with E-state index in [0.29, 0.717) is 50.4 Å². The molecular formula is C31H37F4N7O6. The van der Waals surface area contributed by atoms with E-state index in [1.807, 2.05) is 6.07 Å². The highest BCUT2D eigenvalue weighted by atomic mass is 19.4. The number of para-hydroxylation sites is 1. The lowest BCUT2D eigenvalue weighted by molar-refractivity contribution is -0.141. The number of amides is 2. The SMILES string of the molecule is CC(C)(C)OC(=O)N1CCNC(C(=O)O)C1.O=C(COc1ccccc1)N1CCNCC1c1nc(-c2ccc(F)c(C(F)(F)F)c2)n[nH]1. The van der Waals surface area contributed by atoms with Gasteiger partial charge < -0.3 is 35.0 Å². The molecule has 3 aromatic rings. The summed E-state index contributed by atoms with van der Waals surface area (Å²) in [5, 5.41) is 21.5. The number of ether oxygens (including phenoxy) is 2. The molecule has 2 fully saturated rings. The number of carboxylic acid groups (broad SMARTS) is 1. The van der Waals surface area contributed by atoms with Gasteiger partial charge >= 0.3 is 18.2 Å². The maximum absolute atomic E-state index is 13.6. The highest BCUT2D eigenvalue weighted by molar-refractivity contribution is 5.78. The number of carbonyl (C=O) groups is 3. The molecule has 1 aromatic heterocycles. The second kappa shape index (κ2) is 15.4. The van der Waals surface area contributed by atoms with Crippen molar-refractivity contribution in [1.29, 1.82) is 0 Å². The number of carbonyl (C=O) groups excluding carboxylic acids is 2. The molecule has 2 unspecified atom stereocenters. The molecule has 2 amide bonds. The molecule has 0 radical (unpaired) electrons. The molecule has 2 saturated heterocycles. The van der Waals surface area contributed by atoms with Crippen LogP contribution in [0, 0.1) is 5.82 Å². The molecule has 260 valence electrons. The average molecular weight is 680 g/mol. The highest BCUT2D eigenvalue weighted by Gasteiger charge is 2.35. The molecule has 2 aliphatic heterocycles. The van der Waals surface area contributed by atoms with E-state index in [9.17, 15) is 31.9 Å². The normalized spacial score (nSPS) is 18.4. The zero-order valence-corrected chi connectivity index (χ0v) is 26.5. The standard InChI is InChI=1S/C21H19F4N5O2.C10H18N2O4/c22-16-7-6-13(10-15(16)21(23,24)25)19-27-20(29-28-19)17-11-26-8-9-30(17)18(31)12-32-14-4-2-1-3-5-14;1-10(2,3)16-9(15)12-5-4-11-7(6-12)8(13)14/h1-7,10,17,26H,8-9,11-12H2,(H,27,28,29);7,11H,4-6H2,1-3H3,(H,13,14). The summed E-state index contributed by atoms with van der Waals surface area (Å²) in [6, 6.07) is 10.2. The third-order valence-electron chi connectivity index (χ3n) is 7.14. The Kier molecular flexibility index (Phi) is 11.6. The van der Waals surface area contributed by atoms with Crippen molar-refractivity contribution in [3.05, 3.63) is 65.7 Å². The quantitative estimate of drug-likeness (QED) is 0.284. The number of hydrogen-bond donors (Lipinski definition) is 4. The first-order valence-electron chi connectivity index (χ1n) is 15.0. The Labute approximate surface area is 273 Å². The number of nitrogens with one attached hydrogen (secondary N) is 3. The third kappa shape index (κ3) is 9.87. The number of aromatic nitrogens is 3. The van der Waals surface area contributed by atoms with Crippen LogP contribution in [0.4, 0.5) is 22.4 Å². The minimum absolute atomic E-state index is 0.00952. The molecule has 2 aliphatic rings. The number of carboxylic acids is 1. The van der Waals surface area contributed by atoms with Gasteiger partial charge in [-0.2, -0.15) is 18.3 Å². The maximum atomic E-state index is 13.6. The van der Waals surface area contributed by atoms with Crippen LogP contribution in [0.2, 0.25) is 0 Å². The number of alkyl halides is 3. The first kappa shape index (κ1) is 36.1. The summed E-state index contributed by atoms with van der Waals surface area (Å²) >= 11 is 0. The van der Waals surface area contributed by atoms with E-state index >= 15 is 0 Å². The second-order valence-corrected chi connectivity index (χ2v) is 11.9. The second-order valence-electron chi connectivity index (χ2n) is 11.9. The van der Waals surface area contributed by atoms with Crippen molar-refractivity contribution in [2.75, 3.05) is 45.9 Å². The molecule has 0 aliphatic carbocycles. The number of aliphatic carboxylic acids is 1. The molecular weight excluding hydrogens is 642 g/mol. The van der Waals surface area contributed by atoms with Gasteiger partial charge in [-0.15, -0.1) is 0 Å². The molecule has 0 saturated carbocycles. The Morgan fingerprint density at radius 3 is 2.44 bits per heavy atom. The number of rotatable bonds is 6. The van der Waals surface area contributed by atoms with Gasteiger partial charge in [0.25, 0.3) is 5.91 Å². The van der Waals surface area contributed by atoms with Crippen molar-refractivity contribution < 1.29 is 46.5 Å². The largest absolute Gasteiger partial charge is 0.484 e. The predicted octanol–water partition coefficient (Wildman–Crippen LogP) is 3.46. The van der Waals surface area contributed by atoms with Gasteiger partial charge in [-0.1, -0.05) is 18.2 Å². The number of nitrogens with zero attached hydrogens (tertiary/aromatic N) is 4. The fourth-order valence-electron chi connectivity index (χ4n) is 4.83. The molecule has 2 aromatic carbocycles. The van der Waals surface area contributed by atoms with Crippen LogP contribution in [-0.2, 0) is 20.5 Å². The summed E-state index contributed by atoms with van der Waals surface area (Å²) < 4.78 is 63.4. The molecule has 48 heavy (non-hydrogen) atoms. The van der Waals surface area contributed by atoms with Crippen molar-refractivity contribution in [3.63, 3.8) is 0 Å². The van der Waals surface area contributed by atoms with Crippen molar-refractivity contribution in [2.45, 2.75) is 44.6 Å². The van der Waals surface area contributed by atoms with Crippen molar-refractivity contribution in [1.82, 2.24) is 35.6 Å². The number of H-pyrrole nitrogens is 1. The van der Waals surface area contributed by atoms with E-state index in [4.69, 9.17) is 14.6 Å². The minimum atomic E-state index is -4.84. The van der Waals surface area contributed by atoms with Gasteiger partial charge in [-0.25, -0.2) is 14.2 Å². The predicted molar refractivity (Wildman–Crippen MR) is 163 cm³/mol. The topological polar surface area (TPSA) is 162 Å². The summed E-state index contributed by atoms with van der Waals surface area (Å²) in [5.41, 5.74) is -1.94. The number of halogens is 4. The summed E-state index contributed by atoms with van der Waals surface area (Å²) in [6.45, 7) is 7.59. The van der Waals surface area contributed by atoms with E-state index in [2.05, 4.69) is 25.8 Å². The summed E-state index contributed by atoms with van der Waals surface area (Å²) in [5.74, 6) is -1.75. The Hall–Kier alpha value is -4.77. The van der Waals surface area contributed by atoms with Gasteiger partial charge in [0.15, 0.2) is 12.4 Å². The number of piperazine rings is 2. The van der Waals surface area contributed by atoms with E-state index in [1.54, 1.807) is 49.9 Å². The van der Waals surface area contributed by atoms with Crippen LogP contribution in [-0.4, -0.2) is 106 Å². The molecule has 17 heteroatoms. The zero-order valence-electron chi connectivity index (χ0n) is 26.5. The van der Waals surface area contributed by atoms with Crippen LogP contribution < -0.4 is 15.4 Å². The van der Waals surface area contributed by atoms with Gasteiger partial charge in [0, 0.05) is 38.3 Å². The molecule has 0 bridgehead atoms. The van der Waals surface area contributed by atoms with Crippen LogP contribution in [0.15, 0.2) is 48.5 Å². The summed E-state index contributed by atoms with van der Waals surface area (Å²) in [4.78, 5) is 42.5. The lowest BCUT2D eigenvalue weighted by Gasteiger charge is -2.34. The number of aromatic amines is 1. The first-order chi connectivity index (χ1) is 22.6. The van der Waals surface area contributed by atoms with Crippen LogP contribution >= 0.6 is 0 Å². The molecule has 5 rings (SSSR count). The van der Waals surface area contributed by atoms with Crippen LogP contribution in [0.5, 0.6) is 5.75 Å². The fraction of sp³-hybridized carbons (Fsp3) is 0.452. The smallest absolute Gasteiger partial charge is 0.419 e. The molecule has 13 nitrogen and oxygen atoms in total. The highest BCUT2D eigenvalue weighted by Crippen LogP contribution is 2.34. The fourth-order valence-corrected chi connectivity index (χ4v) is 4.83. The molecule has 3 heterocycles. The lowest BCUT2D eigenvalue weighted by atomic mass is 10.1. The Morgan fingerprint density at radius 1 is 1.04 bits per heavy atom. The van der Waals surface area contributed by atoms with Crippen LogP contribution in [0.3, 0.4) is 0 Å². The summed E-state index contributed by atoms with van der Waals surface area (Å²) in [6.07, 6.45) is -5.30. The van der Waals surface area contributed by atoms with E-state index in [1.165, 1.54) is 11.0 Å². The summed E-state index contributed by atoms with van der Waals surface area (Å²) in [7, 11) is 0. The maximum Gasteiger partial charge on any atom is 0.419 e. The number of benzene rings is 2. The van der Waals surface area contributed by atoms with E-state index in [-0.39, 0.29) is 30.4 Å². The van der Waals surface area contributed by atoms with Crippen molar-refractivity contribution in [3.8, 4) is 17.1 Å². The van der Waals surface area contributed by atoms with Gasteiger partial charge in [-0.3, -0.25) is 14.7 Å². The molecule has 0 spiro atoms. The zero-order chi connectivity index (χ0) is 35.1. The minimum Gasteiger partial charge on any atom is -0.484 e. The van der Waals surface area contributed by atoms with Gasteiger partial charge in [0.2, 0.25) is 0 Å². The van der Waals surface area contributed by atoms with Gasteiger partial charge in [0.05, 0.1) is 12.1 Å². The van der Waals surface area contributed by atoms with E-state index < -0.39 is 47.3 Å². The van der Waals surface area contributed by atoms with E-state index in [0.717, 1.165) is 6.07 Å². The van der Waals surface area contributed by atoms with Crippen LogP contribution in [0.25, 0.3) is 11.4 Å². The van der Waals surface area contributed by atoms with Crippen molar-refractivity contribution in [2.24, 2.45) is 0 Å². The van der Waals surface area contributed by atoms with Crippen LogP contribution in [0.1, 0.15) is 38.2 Å². The van der Waals surface area contributed by atoms with Gasteiger partial charge in [-0.05, 0) is 51.1 Å². The molecule has 2 atom stereocenters. The lowest BCUT2D eigenvalue weighted by Crippen LogP contribution is -2.56. The Balaban J connectivity index is 0.000000274. The number of hydrogen-bond acceptors (Lipinski definition) is 9. The molecule has 4 N–H and O–H groups in total. The first-order valence-corrected chi connectivity index (χ1v) is 15.0. The van der Waals surface area contributed by atoms with Gasteiger partial charge in [0.1, 0.15) is 35.1 Å². The third-order valence-corrected chi connectivity index (χ3v) is 7.14. The van der Waals surface area contributed by atoms with Crippen molar-refractivity contribution >= 4 is 18.0 Å². The average Bonchev–Trinajstić information content (AvgIpc) is 3.54. The Bertz CT molecular complexity index is 1560. The Morgan fingerprint density at radius 2 is 1.77 bits per heavy atom.